The van der Waals surface area contributed by atoms with Gasteiger partial charge in [0, 0.05) is 0 Å². The molecule has 0 aromatic carbocycles. The summed E-state index contributed by atoms with van der Waals surface area (Å²) in [5, 5.41) is 0. The summed E-state index contributed by atoms with van der Waals surface area (Å²) in [5.41, 5.74) is 0.583. The third kappa shape index (κ3) is 1.05. The average molecular weight is 277 g/mol. The van der Waals surface area contributed by atoms with E-state index in [1.807, 2.05) is 22.9 Å². The highest BCUT2D eigenvalue weighted by atomic mass is 127. The number of nitrogens with zero attached hydrogens (tertiary/aromatic N) is 2. The number of aromatic amines is 2. The van der Waals surface area contributed by atoms with Crippen LogP contribution < -0.4 is 9.09 Å². The fourth-order valence-electron chi connectivity index (χ4n) is 0.888. The van der Waals surface area contributed by atoms with Gasteiger partial charge in [0.2, 0.25) is 5.95 Å². The van der Waals surface area contributed by atoms with Gasteiger partial charge in [-0.15, -0.1) is 0 Å². The Morgan fingerprint density at radius 1 is 1.58 bits per heavy atom. The fourth-order valence-corrected chi connectivity index (χ4v) is 1.14. The summed E-state index contributed by atoms with van der Waals surface area (Å²) < 4.78 is 2.70. The largest absolute Gasteiger partial charge is 0.339 e. The van der Waals surface area contributed by atoms with Crippen molar-refractivity contribution < 1.29 is 0 Å². The number of hydrogen-bond donors (Lipinski definition) is 3. The second-order valence-corrected chi connectivity index (χ2v) is 2.65. The van der Waals surface area contributed by atoms with Crippen LogP contribution in [0.2, 0.25) is 0 Å². The van der Waals surface area contributed by atoms with Gasteiger partial charge in [-0.1, -0.05) is 0 Å². The summed E-state index contributed by atoms with van der Waals surface area (Å²) in [6.45, 7) is 0. The van der Waals surface area contributed by atoms with E-state index < -0.39 is 0 Å². The van der Waals surface area contributed by atoms with Gasteiger partial charge in [0.15, 0.2) is 11.2 Å². The molecule has 62 valence electrons. The summed E-state index contributed by atoms with van der Waals surface area (Å²) in [7, 11) is 0. The van der Waals surface area contributed by atoms with E-state index in [2.05, 4.69) is 23.5 Å². The van der Waals surface area contributed by atoms with Gasteiger partial charge in [-0.2, -0.15) is 4.98 Å². The molecule has 2 heterocycles. The maximum Gasteiger partial charge on any atom is 0.278 e. The van der Waals surface area contributed by atoms with Crippen LogP contribution in [0.3, 0.4) is 0 Å². The Balaban J connectivity index is 2.84. The first-order valence-corrected chi connectivity index (χ1v) is 4.19. The predicted octanol–water partition coefficient (Wildman–Crippen LogP) is 0.408. The molecule has 0 fully saturated rings. The number of aromatic nitrogens is 4. The average Bonchev–Trinajstić information content (AvgIpc) is 2.52. The molecule has 0 radical (unpaired) electrons. The minimum absolute atomic E-state index is 0.225. The summed E-state index contributed by atoms with van der Waals surface area (Å²) in [6.07, 6.45) is 1.43. The summed E-state index contributed by atoms with van der Waals surface area (Å²) in [6, 6.07) is 0. The molecule has 0 aliphatic heterocycles. The molecule has 0 aliphatic rings. The quantitative estimate of drug-likeness (QED) is 0.520. The molecule has 0 saturated carbocycles. The molecule has 2 rings (SSSR count). The van der Waals surface area contributed by atoms with Crippen molar-refractivity contribution in [1.29, 1.82) is 0 Å². The molecule has 0 spiro atoms. The SMILES string of the molecule is O=c1[nH]c(NI)nc2nc[nH]c12. The molecular formula is C5H4IN5O. The van der Waals surface area contributed by atoms with Crippen molar-refractivity contribution >= 4 is 40.0 Å². The lowest BCUT2D eigenvalue weighted by atomic mass is 10.5. The van der Waals surface area contributed by atoms with E-state index in [0.29, 0.717) is 17.1 Å². The van der Waals surface area contributed by atoms with Crippen molar-refractivity contribution in [3.8, 4) is 0 Å². The van der Waals surface area contributed by atoms with Gasteiger partial charge in [0.1, 0.15) is 0 Å². The van der Waals surface area contributed by atoms with E-state index >= 15 is 0 Å². The van der Waals surface area contributed by atoms with Crippen LogP contribution in [0.5, 0.6) is 0 Å². The van der Waals surface area contributed by atoms with Crippen LogP contribution in [0.4, 0.5) is 5.95 Å². The topological polar surface area (TPSA) is 86.5 Å². The summed E-state index contributed by atoms with van der Waals surface area (Å²) in [5.74, 6) is 0.403. The van der Waals surface area contributed by atoms with Crippen LogP contribution in [-0.2, 0) is 0 Å². The fraction of sp³-hybridized carbons (Fsp3) is 0. The third-order valence-electron chi connectivity index (χ3n) is 1.39. The van der Waals surface area contributed by atoms with Crippen LogP contribution in [-0.4, -0.2) is 19.9 Å². The zero-order valence-electron chi connectivity index (χ0n) is 5.76. The summed E-state index contributed by atoms with van der Waals surface area (Å²) >= 11 is 1.88. The monoisotopic (exact) mass is 277 g/mol. The molecule has 2 aromatic heterocycles. The lowest BCUT2D eigenvalue weighted by Gasteiger charge is -1.94. The van der Waals surface area contributed by atoms with Gasteiger partial charge >= 0.3 is 0 Å². The first-order valence-electron chi connectivity index (χ1n) is 3.11. The maximum atomic E-state index is 11.2. The number of rotatable bonds is 1. The van der Waals surface area contributed by atoms with E-state index in [9.17, 15) is 4.79 Å². The summed E-state index contributed by atoms with van der Waals surface area (Å²) in [4.78, 5) is 24.3. The normalized spacial score (nSPS) is 10.4. The first-order chi connectivity index (χ1) is 5.81. The molecule has 2 aromatic rings. The van der Waals surface area contributed by atoms with Crippen molar-refractivity contribution in [2.45, 2.75) is 0 Å². The molecule has 7 heteroatoms. The minimum atomic E-state index is -0.225. The van der Waals surface area contributed by atoms with Crippen molar-refractivity contribution in [3.63, 3.8) is 0 Å². The standard InChI is InChI=1S/C5H4IN5O/c6-11-5-9-3-2(4(12)10-5)7-1-8-3/h1H,(H3,7,8,9,10,11,12). The number of fused-ring (bicyclic) bond motifs is 1. The number of hydrogen-bond acceptors (Lipinski definition) is 4. The van der Waals surface area contributed by atoms with Crippen molar-refractivity contribution in [3.05, 3.63) is 16.7 Å². The number of nitrogens with one attached hydrogen (secondary N) is 3. The molecule has 0 atom stereocenters. The first kappa shape index (κ1) is 7.53. The highest BCUT2D eigenvalue weighted by molar-refractivity contribution is 14.1. The second-order valence-electron chi connectivity index (χ2n) is 2.11. The van der Waals surface area contributed by atoms with Crippen LogP contribution in [0.15, 0.2) is 11.1 Å². The van der Waals surface area contributed by atoms with E-state index in [1.54, 1.807) is 0 Å². The Morgan fingerprint density at radius 2 is 2.42 bits per heavy atom. The van der Waals surface area contributed by atoms with E-state index in [1.165, 1.54) is 6.33 Å². The highest BCUT2D eigenvalue weighted by Crippen LogP contribution is 2.03. The van der Waals surface area contributed by atoms with Gasteiger partial charge in [0.25, 0.3) is 5.56 Å². The Labute approximate surface area is 80.3 Å². The smallest absolute Gasteiger partial charge is 0.278 e. The van der Waals surface area contributed by atoms with Crippen molar-refractivity contribution in [2.24, 2.45) is 0 Å². The van der Waals surface area contributed by atoms with Gasteiger partial charge in [-0.25, -0.2) is 4.98 Å². The van der Waals surface area contributed by atoms with Crippen LogP contribution in [0.25, 0.3) is 11.2 Å². The Hall–Kier alpha value is -1.12. The lowest BCUT2D eigenvalue weighted by Crippen LogP contribution is -2.09. The zero-order chi connectivity index (χ0) is 8.55. The van der Waals surface area contributed by atoms with Gasteiger partial charge < -0.3 is 4.98 Å². The number of H-pyrrole nitrogens is 2. The number of imidazole rings is 1. The van der Waals surface area contributed by atoms with Crippen molar-refractivity contribution in [1.82, 2.24) is 19.9 Å². The van der Waals surface area contributed by atoms with Crippen LogP contribution in [0, 0.1) is 0 Å². The molecule has 0 saturated heterocycles. The zero-order valence-corrected chi connectivity index (χ0v) is 7.92. The molecular weight excluding hydrogens is 273 g/mol. The molecule has 0 bridgehead atoms. The second kappa shape index (κ2) is 2.73. The maximum absolute atomic E-state index is 11.2. The Kier molecular flexibility index (Phi) is 1.71. The molecule has 6 nitrogen and oxygen atoms in total. The highest BCUT2D eigenvalue weighted by Gasteiger charge is 2.03. The van der Waals surface area contributed by atoms with Crippen LogP contribution in [0.1, 0.15) is 0 Å². The van der Waals surface area contributed by atoms with Crippen molar-refractivity contribution in [2.75, 3.05) is 3.53 Å². The molecule has 0 amide bonds. The molecule has 0 aliphatic carbocycles. The minimum Gasteiger partial charge on any atom is -0.339 e. The number of halogens is 1. The molecule has 0 unspecified atom stereocenters. The molecule has 12 heavy (non-hydrogen) atoms. The third-order valence-corrected chi connectivity index (χ3v) is 1.90. The number of anilines is 1. The molecule has 3 N–H and O–H groups in total. The lowest BCUT2D eigenvalue weighted by molar-refractivity contribution is 1.18. The van der Waals surface area contributed by atoms with Gasteiger partial charge in [-0.05, 0) is 0 Å². The van der Waals surface area contributed by atoms with Crippen LogP contribution >= 0.6 is 22.9 Å². The van der Waals surface area contributed by atoms with Gasteiger partial charge in [-0.3, -0.25) is 13.3 Å². The van der Waals surface area contributed by atoms with E-state index in [4.69, 9.17) is 0 Å². The van der Waals surface area contributed by atoms with Gasteiger partial charge in [0.05, 0.1) is 29.2 Å². The van der Waals surface area contributed by atoms with E-state index in [0.717, 1.165) is 0 Å². The van der Waals surface area contributed by atoms with E-state index in [-0.39, 0.29) is 5.56 Å². The predicted molar refractivity (Wildman–Crippen MR) is 52.2 cm³/mol. The Bertz CT molecular complexity index is 460. The Morgan fingerprint density at radius 3 is 3.17 bits per heavy atom.